The van der Waals surface area contributed by atoms with Crippen molar-refractivity contribution in [3.8, 4) is 5.75 Å². The molecule has 0 N–H and O–H groups in total. The molecule has 0 bridgehead atoms. The number of allylic oxidation sites excluding steroid dienone is 2. The molecule has 2 saturated carbocycles. The first kappa shape index (κ1) is 43.3. The predicted molar refractivity (Wildman–Crippen MR) is 205 cm³/mol. The van der Waals surface area contributed by atoms with Crippen LogP contribution in [0.3, 0.4) is 0 Å². The minimum Gasteiger partial charge on any atom is -0.399 e. The van der Waals surface area contributed by atoms with E-state index in [-0.39, 0.29) is 12.0 Å². The lowest BCUT2D eigenvalue weighted by molar-refractivity contribution is -0.276. The van der Waals surface area contributed by atoms with Crippen LogP contribution >= 0.6 is 0 Å². The highest BCUT2D eigenvalue weighted by Gasteiger charge is 2.35. The van der Waals surface area contributed by atoms with Gasteiger partial charge in [-0.05, 0) is 109 Å². The SMILES string of the molecule is CCC1CCC(CCC2=Cc3cc(F)c(F)c(F)c3CC2)CC1.CCCCCCCC1CCC(CCC2=Cc3cc(F)c(OC(F)(F)F)c(F)c3CC2)CC1. The molecule has 1 nitrogen and oxygen atoms in total. The van der Waals surface area contributed by atoms with Crippen LogP contribution in [0.5, 0.6) is 5.75 Å². The molecular weight excluding hydrogens is 720 g/mol. The Hall–Kier alpha value is -2.84. The zero-order valence-electron chi connectivity index (χ0n) is 32.8. The van der Waals surface area contributed by atoms with E-state index >= 15 is 0 Å². The third-order valence-electron chi connectivity index (χ3n) is 12.9. The zero-order valence-corrected chi connectivity index (χ0v) is 32.8. The number of alkyl halides is 3. The van der Waals surface area contributed by atoms with Crippen molar-refractivity contribution in [2.75, 3.05) is 0 Å². The van der Waals surface area contributed by atoms with Gasteiger partial charge in [0.15, 0.2) is 29.1 Å². The molecule has 2 aromatic carbocycles. The number of rotatable bonds is 14. The summed E-state index contributed by atoms with van der Waals surface area (Å²) in [4.78, 5) is 0. The Morgan fingerprint density at radius 1 is 0.545 bits per heavy atom. The number of hydrogen-bond acceptors (Lipinski definition) is 1. The standard InChI is InChI=1S/C26H35F5O.C20H25F3/c1-2-3-4-5-6-7-18-8-10-19(11-9-18)12-13-20-14-15-22-21(16-20)17-23(27)25(24(22)28)32-26(29,30)31;1-2-13-3-5-14(6-4-13)7-8-15-9-10-17-16(11-15)12-18(21)20(23)19(17)22/h16-19H,2-15H2,1H3;11-14H,2-10H2,1H3. The maximum absolute atomic E-state index is 14.4. The summed E-state index contributed by atoms with van der Waals surface area (Å²) < 4.78 is 110. The molecule has 55 heavy (non-hydrogen) atoms. The molecule has 0 atom stereocenters. The van der Waals surface area contributed by atoms with Gasteiger partial charge in [0.25, 0.3) is 0 Å². The maximum Gasteiger partial charge on any atom is 0.573 e. The van der Waals surface area contributed by atoms with E-state index in [2.05, 4.69) is 18.6 Å². The van der Waals surface area contributed by atoms with Crippen LogP contribution in [0.25, 0.3) is 12.2 Å². The van der Waals surface area contributed by atoms with Crippen molar-refractivity contribution in [3.05, 3.63) is 74.6 Å². The Labute approximate surface area is 323 Å². The molecule has 306 valence electrons. The zero-order chi connectivity index (χ0) is 39.5. The largest absolute Gasteiger partial charge is 0.573 e. The van der Waals surface area contributed by atoms with E-state index in [4.69, 9.17) is 0 Å². The van der Waals surface area contributed by atoms with Gasteiger partial charge in [-0.3, -0.25) is 0 Å². The van der Waals surface area contributed by atoms with Crippen molar-refractivity contribution >= 4 is 12.2 Å². The first-order valence-electron chi connectivity index (χ1n) is 21.2. The molecule has 0 heterocycles. The van der Waals surface area contributed by atoms with Crippen molar-refractivity contribution < 1.29 is 39.9 Å². The van der Waals surface area contributed by atoms with Gasteiger partial charge in [0, 0.05) is 0 Å². The van der Waals surface area contributed by atoms with Gasteiger partial charge in [-0.2, -0.15) is 0 Å². The number of fused-ring (bicyclic) bond motifs is 2. The lowest BCUT2D eigenvalue weighted by Crippen LogP contribution is -2.20. The molecule has 2 fully saturated rings. The Bertz CT molecular complexity index is 1610. The molecule has 2 aromatic rings. The van der Waals surface area contributed by atoms with Crippen LogP contribution in [-0.2, 0) is 12.8 Å². The summed E-state index contributed by atoms with van der Waals surface area (Å²) in [5, 5.41) is 0. The normalized spacial score (nSPS) is 22.5. The number of unbranched alkanes of at least 4 members (excludes halogenated alkanes) is 4. The number of halogens is 8. The van der Waals surface area contributed by atoms with Crippen molar-refractivity contribution in [1.29, 1.82) is 0 Å². The van der Waals surface area contributed by atoms with Crippen LogP contribution in [0.1, 0.15) is 171 Å². The highest BCUT2D eigenvalue weighted by Crippen LogP contribution is 2.40. The Kier molecular flexibility index (Phi) is 16.2. The monoisotopic (exact) mass is 780 g/mol. The molecule has 4 aliphatic rings. The average molecular weight is 781 g/mol. The average Bonchev–Trinajstić information content (AvgIpc) is 3.17. The van der Waals surface area contributed by atoms with Crippen LogP contribution in [-0.4, -0.2) is 6.36 Å². The van der Waals surface area contributed by atoms with Crippen LogP contribution in [0.15, 0.2) is 23.3 Å². The minimum absolute atomic E-state index is 0.105. The summed E-state index contributed by atoms with van der Waals surface area (Å²) in [5.41, 5.74) is 3.67. The van der Waals surface area contributed by atoms with E-state index in [1.54, 1.807) is 6.08 Å². The van der Waals surface area contributed by atoms with Gasteiger partial charge >= 0.3 is 6.36 Å². The summed E-state index contributed by atoms with van der Waals surface area (Å²) in [6.45, 7) is 4.51. The Morgan fingerprint density at radius 3 is 1.53 bits per heavy atom. The molecule has 0 amide bonds. The molecule has 0 aliphatic heterocycles. The summed E-state index contributed by atoms with van der Waals surface area (Å²) in [5.74, 6) is -4.06. The molecule has 0 aromatic heterocycles. The van der Waals surface area contributed by atoms with Crippen LogP contribution in [0, 0.1) is 52.8 Å². The fraction of sp³-hybridized carbons (Fsp3) is 0.652. The third-order valence-corrected chi connectivity index (χ3v) is 12.9. The molecule has 0 unspecified atom stereocenters. The topological polar surface area (TPSA) is 9.23 Å². The maximum atomic E-state index is 14.4. The van der Waals surface area contributed by atoms with Gasteiger partial charge in [-0.15, -0.1) is 13.2 Å². The van der Waals surface area contributed by atoms with Crippen LogP contribution < -0.4 is 4.74 Å². The third kappa shape index (κ3) is 12.6. The molecular formula is C46H60F8O. The Balaban J connectivity index is 0.000000222. The number of ether oxygens (including phenoxy) is 1. The molecule has 0 spiro atoms. The van der Waals surface area contributed by atoms with Gasteiger partial charge in [0.2, 0.25) is 5.75 Å². The second kappa shape index (κ2) is 20.5. The van der Waals surface area contributed by atoms with Gasteiger partial charge in [0.1, 0.15) is 0 Å². The van der Waals surface area contributed by atoms with Gasteiger partial charge in [0.05, 0.1) is 0 Å². The highest BCUT2D eigenvalue weighted by atomic mass is 19.4. The van der Waals surface area contributed by atoms with Crippen molar-refractivity contribution in [2.45, 2.75) is 168 Å². The van der Waals surface area contributed by atoms with E-state index < -0.39 is 41.2 Å². The van der Waals surface area contributed by atoms with E-state index in [1.807, 2.05) is 6.08 Å². The van der Waals surface area contributed by atoms with Crippen molar-refractivity contribution in [2.24, 2.45) is 23.7 Å². The first-order valence-corrected chi connectivity index (χ1v) is 21.2. The Morgan fingerprint density at radius 2 is 1.02 bits per heavy atom. The van der Waals surface area contributed by atoms with Gasteiger partial charge < -0.3 is 4.74 Å². The van der Waals surface area contributed by atoms with E-state index in [0.717, 1.165) is 61.1 Å². The van der Waals surface area contributed by atoms with Crippen LogP contribution in [0.2, 0.25) is 0 Å². The smallest absolute Gasteiger partial charge is 0.399 e. The first-order chi connectivity index (χ1) is 26.3. The van der Waals surface area contributed by atoms with E-state index in [0.29, 0.717) is 35.4 Å². The number of benzene rings is 2. The second-order valence-electron chi connectivity index (χ2n) is 16.7. The predicted octanol–water partition coefficient (Wildman–Crippen LogP) is 15.6. The number of hydrogen-bond donors (Lipinski definition) is 0. The summed E-state index contributed by atoms with van der Waals surface area (Å²) in [6.07, 6.45) is 24.5. The van der Waals surface area contributed by atoms with Crippen LogP contribution in [0.4, 0.5) is 35.1 Å². The lowest BCUT2D eigenvalue weighted by Gasteiger charge is -2.29. The summed E-state index contributed by atoms with van der Waals surface area (Å²) in [7, 11) is 0. The fourth-order valence-electron chi connectivity index (χ4n) is 9.39. The highest BCUT2D eigenvalue weighted by molar-refractivity contribution is 5.62. The summed E-state index contributed by atoms with van der Waals surface area (Å²) in [6, 6.07) is 2.10. The molecule has 0 saturated heterocycles. The van der Waals surface area contributed by atoms with Gasteiger partial charge in [-0.1, -0.05) is 133 Å². The van der Waals surface area contributed by atoms with Gasteiger partial charge in [-0.25, -0.2) is 22.0 Å². The lowest BCUT2D eigenvalue weighted by atomic mass is 9.77. The molecule has 4 aliphatic carbocycles. The quantitative estimate of drug-likeness (QED) is 0.105. The van der Waals surface area contributed by atoms with Crippen molar-refractivity contribution in [3.63, 3.8) is 0 Å². The molecule has 0 radical (unpaired) electrons. The second-order valence-corrected chi connectivity index (χ2v) is 16.7. The van der Waals surface area contributed by atoms with Crippen molar-refractivity contribution in [1.82, 2.24) is 0 Å². The summed E-state index contributed by atoms with van der Waals surface area (Å²) >= 11 is 0. The molecule has 6 rings (SSSR count). The fourth-order valence-corrected chi connectivity index (χ4v) is 9.39. The molecule has 9 heteroatoms. The minimum atomic E-state index is -5.13. The van der Waals surface area contributed by atoms with E-state index in [9.17, 15) is 35.1 Å². The van der Waals surface area contributed by atoms with E-state index in [1.165, 1.54) is 108 Å².